The number of alkyl halides is 40. The fourth-order valence-corrected chi connectivity index (χ4v) is 10.2. The molecule has 4 aromatic rings. The third kappa shape index (κ3) is 11.6. The second-order valence-electron chi connectivity index (χ2n) is 19.9. The van der Waals surface area contributed by atoms with Crippen molar-refractivity contribution in [1.82, 2.24) is 0 Å². The fraction of sp³-hybridized carbons (Fsp3) is 0.510. The topological polar surface area (TPSA) is 52.6 Å². The second-order valence-corrected chi connectivity index (χ2v) is 22.4. The number of halogens is 40. The molecule has 0 radical (unpaired) electrons. The van der Waals surface area contributed by atoms with Crippen LogP contribution in [0.3, 0.4) is 0 Å². The van der Waals surface area contributed by atoms with Crippen LogP contribution in [0.25, 0.3) is 32.0 Å². The van der Waals surface area contributed by atoms with Gasteiger partial charge in [0.25, 0.3) is 0 Å². The third-order valence-corrected chi connectivity index (χ3v) is 15.9. The minimum Gasteiger partial charge on any atom is -0.462 e. The van der Waals surface area contributed by atoms with Crippen molar-refractivity contribution in [1.29, 1.82) is 0 Å². The van der Waals surface area contributed by atoms with Crippen LogP contribution in [-0.2, 0) is 9.47 Å². The standard InChI is InChI=1S/C49H24F40O4S2/c1-17-23(15-25(94-17)19-3-7-21(8-4-19)29(90)92-13-11-31(50,51)35(58,59)38(64,65)40(68,69)42(72,73)44(76,77)46(80,81)48(84,85)86)27-28(34(56,57)37(62,63)33(27,54)55)24-16-26(95-18(24)2)20-5-9-22(10-6-20)30(91)93-14-12-32(52,53)36(60,61)39(66,67)41(70,71)43(74,75)45(78,79)47(82,83)49(87,88)89/h3-10,15-16H,11-14H2,1-2H3. The zero-order valence-electron chi connectivity index (χ0n) is 44.7. The number of allylic oxidation sites excluding steroid dienone is 2. The molecule has 0 saturated heterocycles. The molecule has 0 aliphatic heterocycles. The van der Waals surface area contributed by atoms with E-state index in [-0.39, 0.29) is 20.9 Å². The van der Waals surface area contributed by atoms with Crippen LogP contribution >= 0.6 is 22.7 Å². The van der Waals surface area contributed by atoms with Crippen molar-refractivity contribution in [2.75, 3.05) is 13.2 Å². The molecule has 1 aliphatic carbocycles. The van der Waals surface area contributed by atoms with Gasteiger partial charge in [-0.05, 0) is 72.5 Å². The molecule has 5 rings (SSSR count). The first-order chi connectivity index (χ1) is 41.9. The minimum atomic E-state index is -8.92. The summed E-state index contributed by atoms with van der Waals surface area (Å²) < 4.78 is 565. The van der Waals surface area contributed by atoms with Crippen molar-refractivity contribution in [3.8, 4) is 20.9 Å². The Labute approximate surface area is 506 Å². The number of carbonyl (C=O) groups excluding carboxylic acids is 2. The Kier molecular flexibility index (Phi) is 19.6. The molecule has 0 saturated carbocycles. The highest BCUT2D eigenvalue weighted by Crippen LogP contribution is 2.69. The number of aryl methyl sites for hydroxylation is 2. The first-order valence-corrected chi connectivity index (χ1v) is 25.7. The van der Waals surface area contributed by atoms with E-state index in [0.717, 1.165) is 38.1 Å². The summed E-state index contributed by atoms with van der Waals surface area (Å²) in [6.07, 6.45) is -22.4. The summed E-state index contributed by atoms with van der Waals surface area (Å²) in [6, 6.07) is 6.15. The monoisotopic (exact) mass is 1500 g/mol. The van der Waals surface area contributed by atoms with Crippen LogP contribution in [0.1, 0.15) is 54.4 Å². The Hall–Kier alpha value is -6.28. The lowest BCUT2D eigenvalue weighted by atomic mass is 9.88. The number of thiophene rings is 2. The van der Waals surface area contributed by atoms with Crippen LogP contribution in [0.4, 0.5) is 176 Å². The first kappa shape index (κ1) is 79.4. The van der Waals surface area contributed by atoms with Crippen molar-refractivity contribution in [2.24, 2.45) is 0 Å². The lowest BCUT2D eigenvalue weighted by Gasteiger charge is -2.42. The van der Waals surface area contributed by atoms with Crippen molar-refractivity contribution < 1.29 is 195 Å². The summed E-state index contributed by atoms with van der Waals surface area (Å²) >= 11 is 0.674. The maximum Gasteiger partial charge on any atom is 0.460 e. The van der Waals surface area contributed by atoms with Gasteiger partial charge in [-0.15, -0.1) is 22.7 Å². The lowest BCUT2D eigenvalue weighted by molar-refractivity contribution is -0.461. The van der Waals surface area contributed by atoms with E-state index >= 15 is 26.3 Å². The molecule has 0 bridgehead atoms. The fourth-order valence-electron chi connectivity index (χ4n) is 8.14. The predicted octanol–water partition coefficient (Wildman–Crippen LogP) is 20.7. The number of carbonyl (C=O) groups is 2. The van der Waals surface area contributed by atoms with E-state index in [1.165, 1.54) is 0 Å². The molecule has 536 valence electrons. The van der Waals surface area contributed by atoms with Crippen molar-refractivity contribution >= 4 is 45.8 Å². The van der Waals surface area contributed by atoms with Gasteiger partial charge in [0.05, 0.1) is 37.2 Å². The Balaban J connectivity index is 1.35. The van der Waals surface area contributed by atoms with E-state index in [0.29, 0.717) is 59.1 Å². The maximum atomic E-state index is 15.9. The van der Waals surface area contributed by atoms with Gasteiger partial charge < -0.3 is 9.47 Å². The number of ether oxygens (including phenoxy) is 2. The summed E-state index contributed by atoms with van der Waals surface area (Å²) in [5, 5.41) is 0. The Morgan fingerprint density at radius 1 is 0.347 bits per heavy atom. The molecule has 0 fully saturated rings. The number of hydrogen-bond acceptors (Lipinski definition) is 6. The van der Waals surface area contributed by atoms with Gasteiger partial charge in [-0.1, -0.05) is 24.3 Å². The predicted molar refractivity (Wildman–Crippen MR) is 242 cm³/mol. The van der Waals surface area contributed by atoms with Crippen LogP contribution in [-0.4, -0.2) is 138 Å². The number of benzene rings is 2. The molecule has 0 amide bonds. The number of rotatable bonds is 24. The number of hydrogen-bond donors (Lipinski definition) is 0. The highest BCUT2D eigenvalue weighted by molar-refractivity contribution is 7.16. The van der Waals surface area contributed by atoms with Crippen LogP contribution in [0.2, 0.25) is 0 Å². The van der Waals surface area contributed by atoms with E-state index in [1.807, 2.05) is 0 Å². The zero-order valence-corrected chi connectivity index (χ0v) is 46.3. The summed E-state index contributed by atoms with van der Waals surface area (Å²) in [5.41, 5.74) is -8.88. The van der Waals surface area contributed by atoms with Crippen LogP contribution in [0.15, 0.2) is 60.7 Å². The average molecular weight is 1500 g/mol. The smallest absolute Gasteiger partial charge is 0.460 e. The Bertz CT molecular complexity index is 3320. The quantitative estimate of drug-likeness (QED) is 0.0518. The van der Waals surface area contributed by atoms with Gasteiger partial charge in [-0.25, -0.2) is 9.59 Å². The molecule has 4 nitrogen and oxygen atoms in total. The van der Waals surface area contributed by atoms with Crippen LogP contribution < -0.4 is 0 Å². The molecule has 2 aromatic heterocycles. The van der Waals surface area contributed by atoms with Gasteiger partial charge >= 0.3 is 125 Å². The summed E-state index contributed by atoms with van der Waals surface area (Å²) in [7, 11) is 0. The van der Waals surface area contributed by atoms with Crippen LogP contribution in [0.5, 0.6) is 0 Å². The van der Waals surface area contributed by atoms with Crippen molar-refractivity contribution in [3.05, 3.63) is 92.7 Å². The van der Waals surface area contributed by atoms with E-state index in [9.17, 15) is 159 Å². The summed E-state index contributed by atoms with van der Waals surface area (Å²) in [4.78, 5) is 23.3. The highest BCUT2D eigenvalue weighted by Gasteiger charge is 2.97. The van der Waals surface area contributed by atoms with Gasteiger partial charge in [0, 0.05) is 30.7 Å². The summed E-state index contributed by atoms with van der Waals surface area (Å²) in [5.74, 6) is -140. The van der Waals surface area contributed by atoms with Gasteiger partial charge in [-0.3, -0.25) is 0 Å². The molecule has 2 aromatic carbocycles. The molecule has 46 heteroatoms. The van der Waals surface area contributed by atoms with E-state index in [4.69, 9.17) is 0 Å². The first-order valence-electron chi connectivity index (χ1n) is 24.0. The molecule has 0 unspecified atom stereocenters. The molecule has 1 aliphatic rings. The Morgan fingerprint density at radius 2 is 0.568 bits per heavy atom. The van der Waals surface area contributed by atoms with Gasteiger partial charge in [0.15, 0.2) is 0 Å². The third-order valence-electron chi connectivity index (χ3n) is 13.7. The molecule has 95 heavy (non-hydrogen) atoms. The van der Waals surface area contributed by atoms with E-state index in [2.05, 4.69) is 9.47 Å². The normalized spacial score (nSPS) is 17.2. The van der Waals surface area contributed by atoms with E-state index < -0.39 is 194 Å². The van der Waals surface area contributed by atoms with Crippen molar-refractivity contribution in [2.45, 2.75) is 140 Å². The number of esters is 2. The molecular weight excluding hydrogens is 1480 g/mol. The SMILES string of the molecule is Cc1sc(-c2ccc(C(=O)OCCC(F)(F)C(F)(F)C(F)(F)C(F)(F)C(F)(F)C(F)(F)C(F)(F)C(F)(F)F)cc2)cc1C1=C(c2cc(-c3ccc(C(=O)OCCC(F)(F)C(F)(F)C(F)(F)C(F)(F)C(F)(F)C(F)(F)C(F)(F)C(F)(F)F)cc3)sc2C)C(F)(F)C(F)(F)C1(F)F. The maximum absolute atomic E-state index is 15.9. The lowest BCUT2D eigenvalue weighted by Crippen LogP contribution is -2.74. The largest absolute Gasteiger partial charge is 0.462 e. The zero-order chi connectivity index (χ0) is 74.3. The molecule has 0 atom stereocenters. The van der Waals surface area contributed by atoms with Gasteiger partial charge in [0.2, 0.25) is 0 Å². The second kappa shape index (κ2) is 23.5. The molecule has 2 heterocycles. The minimum absolute atomic E-state index is 0.329. The average Bonchev–Trinajstić information content (AvgIpc) is 1.68. The van der Waals surface area contributed by atoms with Gasteiger partial charge in [0.1, 0.15) is 0 Å². The van der Waals surface area contributed by atoms with Gasteiger partial charge in [-0.2, -0.15) is 176 Å². The van der Waals surface area contributed by atoms with Crippen molar-refractivity contribution in [3.63, 3.8) is 0 Å². The van der Waals surface area contributed by atoms with Crippen LogP contribution in [0, 0.1) is 13.8 Å². The highest BCUT2D eigenvalue weighted by atomic mass is 32.1. The van der Waals surface area contributed by atoms with E-state index in [1.54, 1.807) is 0 Å². The summed E-state index contributed by atoms with van der Waals surface area (Å²) in [6.45, 7) is -3.00. The molecule has 0 N–H and O–H groups in total. The molecular formula is C49H24F40O4S2. The molecule has 0 spiro atoms. The Morgan fingerprint density at radius 3 is 0.800 bits per heavy atom.